The van der Waals surface area contributed by atoms with Gasteiger partial charge in [-0.3, -0.25) is 9.10 Å². The Morgan fingerprint density at radius 3 is 1.93 bits per heavy atom. The molecule has 0 aromatic heterocycles. The lowest BCUT2D eigenvalue weighted by atomic mass is 10.3. The molecule has 0 saturated carbocycles. The highest BCUT2D eigenvalue weighted by Crippen LogP contribution is 2.25. The predicted molar refractivity (Wildman–Crippen MR) is 112 cm³/mol. The van der Waals surface area contributed by atoms with Crippen molar-refractivity contribution in [3.8, 4) is 0 Å². The number of hydrogen-bond donors (Lipinski definition) is 0. The summed E-state index contributed by atoms with van der Waals surface area (Å²) in [5.41, 5.74) is 1.05. The number of carbonyl (C=O) groups excluding carboxylic acids is 1. The summed E-state index contributed by atoms with van der Waals surface area (Å²) >= 11 is 5.94. The fourth-order valence-corrected chi connectivity index (χ4v) is 4.23. The molecule has 0 bridgehead atoms. The third-order valence-corrected chi connectivity index (χ3v) is 6.28. The molecule has 144 valence electrons. The number of benzene rings is 3. The molecule has 0 unspecified atom stereocenters. The normalized spacial score (nSPS) is 11.1. The van der Waals surface area contributed by atoms with Gasteiger partial charge < -0.3 is 4.90 Å². The number of hydrogen-bond acceptors (Lipinski definition) is 3. The van der Waals surface area contributed by atoms with Crippen molar-refractivity contribution >= 4 is 38.9 Å². The minimum atomic E-state index is -3.93. The minimum Gasteiger partial charge on any atom is -0.314 e. The lowest BCUT2D eigenvalue weighted by Crippen LogP contribution is -2.41. The Labute approximate surface area is 169 Å². The number of amides is 1. The number of likely N-dealkylation sites (N-methyl/N-ethyl adjacent to an activating group) is 1. The molecule has 0 aliphatic carbocycles. The summed E-state index contributed by atoms with van der Waals surface area (Å²) in [7, 11) is -2.32. The van der Waals surface area contributed by atoms with Gasteiger partial charge in [0, 0.05) is 17.8 Å². The van der Waals surface area contributed by atoms with Gasteiger partial charge in [0.2, 0.25) is 5.91 Å². The number of sulfonamides is 1. The number of carbonyl (C=O) groups is 1. The van der Waals surface area contributed by atoms with Gasteiger partial charge in [0.15, 0.2) is 0 Å². The number of anilines is 2. The van der Waals surface area contributed by atoms with Gasteiger partial charge in [-0.2, -0.15) is 0 Å². The Morgan fingerprint density at radius 2 is 1.36 bits per heavy atom. The van der Waals surface area contributed by atoms with Crippen molar-refractivity contribution in [3.05, 3.63) is 90.0 Å². The maximum absolute atomic E-state index is 13.2. The highest BCUT2D eigenvalue weighted by molar-refractivity contribution is 7.92. The smallest absolute Gasteiger partial charge is 0.264 e. The Balaban J connectivity index is 1.97. The molecule has 0 radical (unpaired) electrons. The van der Waals surface area contributed by atoms with Crippen LogP contribution < -0.4 is 9.21 Å². The summed E-state index contributed by atoms with van der Waals surface area (Å²) < 4.78 is 27.6. The average molecular weight is 415 g/mol. The largest absolute Gasteiger partial charge is 0.314 e. The molecule has 0 spiro atoms. The molecule has 3 rings (SSSR count). The lowest BCUT2D eigenvalue weighted by molar-refractivity contribution is -0.116. The SMILES string of the molecule is CN(C(=O)CN(c1ccc(Cl)cc1)S(=O)(=O)c1ccccc1)c1ccccc1. The van der Waals surface area contributed by atoms with Gasteiger partial charge in [-0.15, -0.1) is 0 Å². The highest BCUT2D eigenvalue weighted by Gasteiger charge is 2.28. The number of rotatable bonds is 6. The molecule has 1 amide bonds. The van der Waals surface area contributed by atoms with Crippen molar-refractivity contribution < 1.29 is 13.2 Å². The molecule has 0 atom stereocenters. The van der Waals surface area contributed by atoms with Crippen LogP contribution in [0.3, 0.4) is 0 Å². The van der Waals surface area contributed by atoms with Crippen LogP contribution in [0.2, 0.25) is 5.02 Å². The van der Waals surface area contributed by atoms with E-state index in [9.17, 15) is 13.2 Å². The van der Waals surface area contributed by atoms with Gasteiger partial charge in [0.05, 0.1) is 10.6 Å². The minimum absolute atomic E-state index is 0.111. The summed E-state index contributed by atoms with van der Waals surface area (Å²) in [5.74, 6) is -0.361. The van der Waals surface area contributed by atoms with Crippen LogP contribution >= 0.6 is 11.6 Å². The number of halogens is 1. The molecule has 28 heavy (non-hydrogen) atoms. The number of nitrogens with zero attached hydrogens (tertiary/aromatic N) is 2. The van der Waals surface area contributed by atoms with Gasteiger partial charge in [0.1, 0.15) is 6.54 Å². The summed E-state index contributed by atoms with van der Waals surface area (Å²) in [5, 5.41) is 0.480. The molecule has 0 fully saturated rings. The van der Waals surface area contributed by atoms with Crippen molar-refractivity contribution in [1.82, 2.24) is 0 Å². The van der Waals surface area contributed by atoms with E-state index in [0.717, 1.165) is 4.31 Å². The van der Waals surface area contributed by atoms with Crippen LogP contribution in [-0.4, -0.2) is 27.9 Å². The monoisotopic (exact) mass is 414 g/mol. The van der Waals surface area contributed by atoms with Crippen LogP contribution in [0.1, 0.15) is 0 Å². The van der Waals surface area contributed by atoms with Gasteiger partial charge in [0.25, 0.3) is 10.0 Å². The van der Waals surface area contributed by atoms with Gasteiger partial charge >= 0.3 is 0 Å². The lowest BCUT2D eigenvalue weighted by Gasteiger charge is -2.26. The van der Waals surface area contributed by atoms with Crippen LogP contribution in [0.25, 0.3) is 0 Å². The Kier molecular flexibility index (Phi) is 6.02. The first-order chi connectivity index (χ1) is 13.4. The molecule has 0 N–H and O–H groups in total. The quantitative estimate of drug-likeness (QED) is 0.607. The topological polar surface area (TPSA) is 57.7 Å². The van der Waals surface area contributed by atoms with Crippen molar-refractivity contribution in [1.29, 1.82) is 0 Å². The highest BCUT2D eigenvalue weighted by atomic mass is 35.5. The molecule has 0 heterocycles. The van der Waals surface area contributed by atoms with E-state index in [2.05, 4.69) is 0 Å². The van der Waals surface area contributed by atoms with Crippen LogP contribution in [0.4, 0.5) is 11.4 Å². The molecule has 3 aromatic carbocycles. The van der Waals surface area contributed by atoms with E-state index in [4.69, 9.17) is 11.6 Å². The summed E-state index contributed by atoms with van der Waals surface area (Å²) in [6.07, 6.45) is 0. The Morgan fingerprint density at radius 1 is 0.821 bits per heavy atom. The van der Waals surface area contributed by atoms with E-state index in [1.807, 2.05) is 18.2 Å². The fourth-order valence-electron chi connectivity index (χ4n) is 2.67. The van der Waals surface area contributed by atoms with Crippen molar-refractivity contribution in [2.24, 2.45) is 0 Å². The van der Waals surface area contributed by atoms with E-state index in [1.54, 1.807) is 61.6 Å². The molecule has 0 aliphatic rings. The second kappa shape index (κ2) is 8.46. The molecular weight excluding hydrogens is 396 g/mol. The maximum Gasteiger partial charge on any atom is 0.264 e. The van der Waals surface area contributed by atoms with E-state index < -0.39 is 10.0 Å². The summed E-state index contributed by atoms with van der Waals surface area (Å²) in [4.78, 5) is 14.4. The van der Waals surface area contributed by atoms with Crippen LogP contribution in [0, 0.1) is 0 Å². The summed E-state index contributed by atoms with van der Waals surface area (Å²) in [6, 6.07) is 23.4. The molecular formula is C21H19ClN2O3S. The van der Waals surface area contributed by atoms with Crippen molar-refractivity contribution in [2.45, 2.75) is 4.90 Å². The average Bonchev–Trinajstić information content (AvgIpc) is 2.73. The Bertz CT molecular complexity index is 1040. The van der Waals surface area contributed by atoms with Crippen molar-refractivity contribution in [3.63, 3.8) is 0 Å². The number of para-hydroxylation sites is 1. The fraction of sp³-hybridized carbons (Fsp3) is 0.0952. The Hall–Kier alpha value is -2.83. The molecule has 0 aliphatic heterocycles. The maximum atomic E-state index is 13.2. The molecule has 0 saturated heterocycles. The third kappa shape index (κ3) is 4.35. The van der Waals surface area contributed by atoms with Gasteiger partial charge in [-0.05, 0) is 48.5 Å². The standard InChI is InChI=1S/C21H19ClN2O3S/c1-23(18-8-4-2-5-9-18)21(25)16-24(19-14-12-17(22)13-15-19)28(26,27)20-10-6-3-7-11-20/h2-15H,16H2,1H3. The zero-order valence-corrected chi connectivity index (χ0v) is 16.8. The van der Waals surface area contributed by atoms with Crippen LogP contribution in [0.15, 0.2) is 89.8 Å². The van der Waals surface area contributed by atoms with E-state index in [0.29, 0.717) is 16.4 Å². The second-order valence-corrected chi connectivity index (χ2v) is 8.39. The zero-order valence-electron chi connectivity index (χ0n) is 15.2. The van der Waals surface area contributed by atoms with E-state index in [-0.39, 0.29) is 17.3 Å². The first kappa shape index (κ1) is 19.9. The molecule has 7 heteroatoms. The molecule has 5 nitrogen and oxygen atoms in total. The molecule has 3 aromatic rings. The van der Waals surface area contributed by atoms with Gasteiger partial charge in [-0.1, -0.05) is 48.0 Å². The zero-order chi connectivity index (χ0) is 20.1. The van der Waals surface area contributed by atoms with E-state index in [1.165, 1.54) is 17.0 Å². The first-order valence-electron chi connectivity index (χ1n) is 8.54. The third-order valence-electron chi connectivity index (χ3n) is 4.24. The van der Waals surface area contributed by atoms with Crippen LogP contribution in [-0.2, 0) is 14.8 Å². The summed E-state index contributed by atoms with van der Waals surface area (Å²) in [6.45, 7) is -0.343. The van der Waals surface area contributed by atoms with Crippen LogP contribution in [0.5, 0.6) is 0 Å². The first-order valence-corrected chi connectivity index (χ1v) is 10.4. The van der Waals surface area contributed by atoms with Crippen molar-refractivity contribution in [2.75, 3.05) is 22.8 Å². The predicted octanol–water partition coefficient (Wildman–Crippen LogP) is 4.20. The second-order valence-electron chi connectivity index (χ2n) is 6.09. The van der Waals surface area contributed by atoms with E-state index >= 15 is 0 Å². The van der Waals surface area contributed by atoms with Gasteiger partial charge in [-0.25, -0.2) is 8.42 Å².